The van der Waals surface area contributed by atoms with Crippen LogP contribution in [0.1, 0.15) is 10.4 Å². The molecule has 4 heteroatoms. The van der Waals surface area contributed by atoms with E-state index in [9.17, 15) is 4.79 Å². The van der Waals surface area contributed by atoms with E-state index in [1.807, 2.05) is 12.1 Å². The van der Waals surface area contributed by atoms with Crippen LogP contribution < -0.4 is 4.74 Å². The molecule has 72 valence electrons. The topological polar surface area (TPSA) is 26.3 Å². The Morgan fingerprint density at radius 2 is 2.21 bits per heavy atom. The van der Waals surface area contributed by atoms with Crippen LogP contribution in [0.25, 0.3) is 10.1 Å². The molecule has 0 saturated heterocycles. The van der Waals surface area contributed by atoms with E-state index in [-0.39, 0.29) is 0 Å². The second kappa shape index (κ2) is 3.59. The standard InChI is InChI=1S/C10H7ClO2S/c1-13-8-2-6-4-9(11)14-10(6)7(3-8)5-12/h2-5H,1H3. The lowest BCUT2D eigenvalue weighted by molar-refractivity contribution is 0.112. The number of halogens is 1. The van der Waals surface area contributed by atoms with Gasteiger partial charge in [0.05, 0.1) is 11.4 Å². The normalized spacial score (nSPS) is 10.4. The van der Waals surface area contributed by atoms with Gasteiger partial charge in [-0.25, -0.2) is 0 Å². The van der Waals surface area contributed by atoms with Gasteiger partial charge < -0.3 is 4.74 Å². The summed E-state index contributed by atoms with van der Waals surface area (Å²) in [6.45, 7) is 0. The molecule has 0 atom stereocenters. The summed E-state index contributed by atoms with van der Waals surface area (Å²) in [6.07, 6.45) is 0.817. The number of methoxy groups -OCH3 is 1. The minimum Gasteiger partial charge on any atom is -0.497 e. The van der Waals surface area contributed by atoms with E-state index >= 15 is 0 Å². The Morgan fingerprint density at radius 3 is 2.86 bits per heavy atom. The molecule has 2 nitrogen and oxygen atoms in total. The molecule has 0 bridgehead atoms. The molecule has 0 N–H and O–H groups in total. The Hall–Kier alpha value is -1.06. The molecule has 1 aromatic carbocycles. The number of fused-ring (bicyclic) bond motifs is 1. The van der Waals surface area contributed by atoms with Gasteiger partial charge in [0.1, 0.15) is 5.75 Å². The maximum absolute atomic E-state index is 10.8. The molecule has 2 aromatic rings. The Bertz CT molecular complexity index is 490. The number of hydrogen-bond acceptors (Lipinski definition) is 3. The zero-order valence-corrected chi connectivity index (χ0v) is 8.98. The van der Waals surface area contributed by atoms with E-state index in [4.69, 9.17) is 16.3 Å². The van der Waals surface area contributed by atoms with Crippen molar-refractivity contribution in [1.29, 1.82) is 0 Å². The van der Waals surface area contributed by atoms with Crippen molar-refractivity contribution in [3.05, 3.63) is 28.1 Å². The van der Waals surface area contributed by atoms with Gasteiger partial charge in [0.15, 0.2) is 6.29 Å². The first kappa shape index (κ1) is 9.49. The third-order valence-electron chi connectivity index (χ3n) is 1.95. The highest BCUT2D eigenvalue weighted by molar-refractivity contribution is 7.23. The van der Waals surface area contributed by atoms with Crippen molar-refractivity contribution in [3.63, 3.8) is 0 Å². The zero-order chi connectivity index (χ0) is 10.1. The van der Waals surface area contributed by atoms with E-state index in [1.54, 1.807) is 13.2 Å². The van der Waals surface area contributed by atoms with E-state index < -0.39 is 0 Å². The quantitative estimate of drug-likeness (QED) is 0.734. The minimum absolute atomic E-state index is 0.622. The molecule has 1 aromatic heterocycles. The SMILES string of the molecule is COc1cc(C=O)c2sc(Cl)cc2c1. The average Bonchev–Trinajstić information content (AvgIpc) is 2.56. The number of ether oxygens (including phenoxy) is 1. The van der Waals surface area contributed by atoms with Gasteiger partial charge in [-0.05, 0) is 23.6 Å². The van der Waals surface area contributed by atoms with Crippen molar-refractivity contribution in [2.45, 2.75) is 0 Å². The molecule has 2 rings (SSSR count). The monoisotopic (exact) mass is 226 g/mol. The number of hydrogen-bond donors (Lipinski definition) is 0. The average molecular weight is 227 g/mol. The van der Waals surface area contributed by atoms with Crippen LogP contribution in [-0.2, 0) is 0 Å². The summed E-state index contributed by atoms with van der Waals surface area (Å²) in [5.41, 5.74) is 0.622. The Balaban J connectivity index is 2.78. The maximum Gasteiger partial charge on any atom is 0.151 e. The van der Waals surface area contributed by atoms with Crippen LogP contribution in [0, 0.1) is 0 Å². The summed E-state index contributed by atoms with van der Waals surface area (Å²) in [6, 6.07) is 5.41. The third kappa shape index (κ3) is 1.49. The van der Waals surface area contributed by atoms with Crippen LogP contribution in [0.4, 0.5) is 0 Å². The second-order valence-electron chi connectivity index (χ2n) is 2.80. The van der Waals surface area contributed by atoms with E-state index in [0.29, 0.717) is 15.6 Å². The molecular weight excluding hydrogens is 220 g/mol. The number of benzene rings is 1. The minimum atomic E-state index is 0.622. The van der Waals surface area contributed by atoms with Gasteiger partial charge in [-0.15, -0.1) is 11.3 Å². The lowest BCUT2D eigenvalue weighted by Gasteiger charge is -2.00. The molecular formula is C10H7ClO2S. The van der Waals surface area contributed by atoms with Crippen LogP contribution in [0.5, 0.6) is 5.75 Å². The van der Waals surface area contributed by atoms with Crippen molar-refractivity contribution in [2.75, 3.05) is 7.11 Å². The summed E-state index contributed by atoms with van der Waals surface area (Å²) in [5, 5.41) is 0.946. The van der Waals surface area contributed by atoms with Gasteiger partial charge in [0.2, 0.25) is 0 Å². The highest BCUT2D eigenvalue weighted by Crippen LogP contribution is 2.34. The molecule has 0 saturated carbocycles. The Morgan fingerprint density at radius 1 is 1.43 bits per heavy atom. The summed E-state index contributed by atoms with van der Waals surface area (Å²) >= 11 is 7.27. The fourth-order valence-electron chi connectivity index (χ4n) is 1.33. The number of carbonyl (C=O) groups is 1. The predicted octanol–water partition coefficient (Wildman–Crippen LogP) is 3.38. The van der Waals surface area contributed by atoms with E-state index in [2.05, 4.69) is 0 Å². The summed E-state index contributed by atoms with van der Waals surface area (Å²) in [7, 11) is 1.57. The van der Waals surface area contributed by atoms with Crippen molar-refractivity contribution in [3.8, 4) is 5.75 Å². The van der Waals surface area contributed by atoms with Crippen molar-refractivity contribution >= 4 is 39.3 Å². The summed E-state index contributed by atoms with van der Waals surface area (Å²) in [5.74, 6) is 0.675. The number of rotatable bonds is 2. The maximum atomic E-state index is 10.8. The number of aldehydes is 1. The first-order chi connectivity index (χ1) is 6.74. The van der Waals surface area contributed by atoms with Crippen LogP contribution in [0.3, 0.4) is 0 Å². The smallest absolute Gasteiger partial charge is 0.151 e. The van der Waals surface area contributed by atoms with Crippen molar-refractivity contribution < 1.29 is 9.53 Å². The molecule has 0 amide bonds. The molecule has 0 unspecified atom stereocenters. The third-order valence-corrected chi connectivity index (χ3v) is 3.28. The van der Waals surface area contributed by atoms with Crippen molar-refractivity contribution in [1.82, 2.24) is 0 Å². The molecule has 0 aliphatic carbocycles. The van der Waals surface area contributed by atoms with Crippen LogP contribution in [-0.4, -0.2) is 13.4 Å². The van der Waals surface area contributed by atoms with E-state index in [0.717, 1.165) is 16.4 Å². The molecule has 14 heavy (non-hydrogen) atoms. The largest absolute Gasteiger partial charge is 0.497 e. The molecule has 0 aliphatic rings. The molecule has 0 spiro atoms. The zero-order valence-electron chi connectivity index (χ0n) is 7.41. The lowest BCUT2D eigenvalue weighted by Crippen LogP contribution is -1.85. The summed E-state index contributed by atoms with van der Waals surface area (Å²) in [4.78, 5) is 10.8. The first-order valence-electron chi connectivity index (χ1n) is 3.97. The predicted molar refractivity (Wildman–Crippen MR) is 58.8 cm³/mol. The molecule has 0 radical (unpaired) electrons. The number of carbonyl (C=O) groups excluding carboxylic acids is 1. The second-order valence-corrected chi connectivity index (χ2v) is 4.49. The Labute approximate surface area is 90.1 Å². The molecule has 0 fully saturated rings. The van der Waals surface area contributed by atoms with Crippen LogP contribution >= 0.6 is 22.9 Å². The Kier molecular flexibility index (Phi) is 2.44. The van der Waals surface area contributed by atoms with Gasteiger partial charge in [0, 0.05) is 10.3 Å². The number of thiophene rings is 1. The van der Waals surface area contributed by atoms with Gasteiger partial charge in [-0.3, -0.25) is 4.79 Å². The highest BCUT2D eigenvalue weighted by atomic mass is 35.5. The fraction of sp³-hybridized carbons (Fsp3) is 0.100. The lowest BCUT2D eigenvalue weighted by atomic mass is 10.2. The summed E-state index contributed by atoms with van der Waals surface area (Å²) < 4.78 is 6.66. The van der Waals surface area contributed by atoms with Crippen LogP contribution in [0.15, 0.2) is 18.2 Å². The van der Waals surface area contributed by atoms with Gasteiger partial charge in [0.25, 0.3) is 0 Å². The fourth-order valence-corrected chi connectivity index (χ4v) is 2.52. The van der Waals surface area contributed by atoms with Crippen molar-refractivity contribution in [2.24, 2.45) is 0 Å². The molecule has 0 aliphatic heterocycles. The van der Waals surface area contributed by atoms with Gasteiger partial charge >= 0.3 is 0 Å². The molecule has 1 heterocycles. The van der Waals surface area contributed by atoms with Gasteiger partial charge in [-0.2, -0.15) is 0 Å². The van der Waals surface area contributed by atoms with Gasteiger partial charge in [-0.1, -0.05) is 11.6 Å². The van der Waals surface area contributed by atoms with Crippen LogP contribution in [0.2, 0.25) is 4.34 Å². The van der Waals surface area contributed by atoms with E-state index in [1.165, 1.54) is 11.3 Å². The first-order valence-corrected chi connectivity index (χ1v) is 5.16. The highest BCUT2D eigenvalue weighted by Gasteiger charge is 2.07.